The number of nitrogens with zero attached hydrogens (tertiary/aromatic N) is 4. The van der Waals surface area contributed by atoms with Crippen molar-refractivity contribution < 1.29 is 4.79 Å². The molecular weight excluding hydrogens is 288 g/mol. The number of piperidine rings is 2. The summed E-state index contributed by atoms with van der Waals surface area (Å²) < 4.78 is 1.97. The zero-order valence-corrected chi connectivity index (χ0v) is 14.8. The van der Waals surface area contributed by atoms with Crippen molar-refractivity contribution in [2.24, 2.45) is 13.0 Å². The van der Waals surface area contributed by atoms with Crippen LogP contribution in [0.4, 0.5) is 0 Å². The minimum absolute atomic E-state index is 0.285. The van der Waals surface area contributed by atoms with Crippen molar-refractivity contribution in [1.29, 1.82) is 0 Å². The van der Waals surface area contributed by atoms with Gasteiger partial charge in [-0.3, -0.25) is 14.4 Å². The van der Waals surface area contributed by atoms with E-state index < -0.39 is 0 Å². The molecule has 0 radical (unpaired) electrons. The van der Waals surface area contributed by atoms with Crippen LogP contribution in [0.25, 0.3) is 0 Å². The predicted molar refractivity (Wildman–Crippen MR) is 91.1 cm³/mol. The Kier molecular flexibility index (Phi) is 4.76. The summed E-state index contributed by atoms with van der Waals surface area (Å²) in [6.45, 7) is 4.99. The third kappa shape index (κ3) is 3.30. The first-order valence-electron chi connectivity index (χ1n) is 8.98. The molecule has 0 aromatic carbocycles. The molecule has 128 valence electrons. The Bertz CT molecular complexity index is 547. The predicted octanol–water partition coefficient (Wildman–Crippen LogP) is 2.08. The van der Waals surface area contributed by atoms with Crippen LogP contribution in [-0.2, 0) is 18.3 Å². The Morgan fingerprint density at radius 2 is 2.00 bits per heavy atom. The van der Waals surface area contributed by atoms with Gasteiger partial charge in [0.15, 0.2) is 0 Å². The molecule has 5 heteroatoms. The molecular formula is C18H30N4O. The van der Waals surface area contributed by atoms with Gasteiger partial charge in [0, 0.05) is 32.0 Å². The largest absolute Gasteiger partial charge is 0.341 e. The summed E-state index contributed by atoms with van der Waals surface area (Å²) in [6.07, 6.45) is 8.55. The van der Waals surface area contributed by atoms with Gasteiger partial charge < -0.3 is 4.90 Å². The first-order chi connectivity index (χ1) is 11.0. The number of hydrogen-bond acceptors (Lipinski definition) is 3. The number of carbonyl (C=O) groups is 1. The normalized spacial score (nSPS) is 27.3. The molecule has 3 rings (SSSR count). The molecule has 0 saturated carbocycles. The quantitative estimate of drug-likeness (QED) is 0.857. The van der Waals surface area contributed by atoms with Gasteiger partial charge in [-0.2, -0.15) is 5.10 Å². The lowest BCUT2D eigenvalue weighted by atomic mass is 9.85. The molecule has 2 fully saturated rings. The molecule has 0 N–H and O–H groups in total. The third-order valence-electron chi connectivity index (χ3n) is 6.03. The van der Waals surface area contributed by atoms with Crippen LogP contribution in [0.3, 0.4) is 0 Å². The smallest absolute Gasteiger partial charge is 0.242 e. The lowest BCUT2D eigenvalue weighted by Gasteiger charge is -2.45. The van der Waals surface area contributed by atoms with Gasteiger partial charge in [0.1, 0.15) is 0 Å². The van der Waals surface area contributed by atoms with Crippen molar-refractivity contribution in [2.45, 2.75) is 51.0 Å². The first kappa shape index (κ1) is 16.5. The Morgan fingerprint density at radius 1 is 1.26 bits per heavy atom. The van der Waals surface area contributed by atoms with Crippen molar-refractivity contribution in [3.8, 4) is 0 Å². The van der Waals surface area contributed by atoms with E-state index in [1.807, 2.05) is 17.9 Å². The van der Waals surface area contributed by atoms with Crippen LogP contribution in [0.15, 0.2) is 12.3 Å². The molecule has 2 aliphatic rings. The number of rotatable bonds is 3. The molecule has 23 heavy (non-hydrogen) atoms. The fourth-order valence-corrected chi connectivity index (χ4v) is 4.10. The van der Waals surface area contributed by atoms with E-state index in [1.165, 1.54) is 18.5 Å². The van der Waals surface area contributed by atoms with E-state index in [9.17, 15) is 4.79 Å². The molecule has 2 aliphatic heterocycles. The number of aromatic nitrogens is 2. The summed E-state index contributed by atoms with van der Waals surface area (Å²) in [7, 11) is 4.11. The fourth-order valence-electron chi connectivity index (χ4n) is 4.10. The maximum atomic E-state index is 13.0. The molecule has 0 unspecified atom stereocenters. The molecule has 1 amide bonds. The van der Waals surface area contributed by atoms with E-state index >= 15 is 0 Å². The average molecular weight is 318 g/mol. The molecule has 3 heterocycles. The van der Waals surface area contributed by atoms with Crippen LogP contribution in [0.5, 0.6) is 0 Å². The molecule has 0 bridgehead atoms. The summed E-state index contributed by atoms with van der Waals surface area (Å²) in [5.74, 6) is 1.02. The van der Waals surface area contributed by atoms with Gasteiger partial charge in [-0.25, -0.2) is 0 Å². The number of amides is 1. The summed E-state index contributed by atoms with van der Waals surface area (Å²) in [5, 5.41) is 4.25. The highest BCUT2D eigenvalue weighted by Gasteiger charge is 2.42. The average Bonchev–Trinajstić information content (AvgIpc) is 2.95. The van der Waals surface area contributed by atoms with E-state index in [4.69, 9.17) is 0 Å². The molecule has 5 nitrogen and oxygen atoms in total. The van der Waals surface area contributed by atoms with Crippen molar-refractivity contribution in [2.75, 3.05) is 26.7 Å². The Morgan fingerprint density at radius 3 is 2.61 bits per heavy atom. The zero-order chi connectivity index (χ0) is 16.4. The van der Waals surface area contributed by atoms with E-state index in [0.717, 1.165) is 45.3 Å². The molecule has 1 aromatic heterocycles. The summed E-state index contributed by atoms with van der Waals surface area (Å²) in [4.78, 5) is 17.4. The van der Waals surface area contributed by atoms with Gasteiger partial charge in [-0.05, 0) is 71.0 Å². The van der Waals surface area contributed by atoms with E-state index in [0.29, 0.717) is 11.8 Å². The van der Waals surface area contributed by atoms with Crippen molar-refractivity contribution in [1.82, 2.24) is 19.6 Å². The number of hydrogen-bond donors (Lipinski definition) is 0. The van der Waals surface area contributed by atoms with Gasteiger partial charge in [0.25, 0.3) is 0 Å². The maximum Gasteiger partial charge on any atom is 0.242 e. The second kappa shape index (κ2) is 6.63. The Labute approximate surface area is 139 Å². The summed E-state index contributed by atoms with van der Waals surface area (Å²) in [5.41, 5.74) is 1.02. The monoisotopic (exact) mass is 318 g/mol. The van der Waals surface area contributed by atoms with E-state index in [-0.39, 0.29) is 5.54 Å². The highest BCUT2D eigenvalue weighted by Crippen LogP contribution is 2.30. The highest BCUT2D eigenvalue weighted by molar-refractivity contribution is 5.86. The maximum absolute atomic E-state index is 13.0. The number of likely N-dealkylation sites (N-methyl/N-ethyl adjacent to an activating group) is 1. The zero-order valence-electron chi connectivity index (χ0n) is 14.8. The Hall–Kier alpha value is -1.36. The minimum Gasteiger partial charge on any atom is -0.341 e. The van der Waals surface area contributed by atoms with Crippen LogP contribution in [0.1, 0.15) is 44.7 Å². The van der Waals surface area contributed by atoms with Gasteiger partial charge in [-0.1, -0.05) is 0 Å². The fraction of sp³-hybridized carbons (Fsp3) is 0.778. The van der Waals surface area contributed by atoms with Crippen molar-refractivity contribution >= 4 is 5.91 Å². The molecule has 0 spiro atoms. The van der Waals surface area contributed by atoms with Gasteiger partial charge in [0.05, 0.1) is 5.54 Å². The first-order valence-corrected chi connectivity index (χ1v) is 8.98. The van der Waals surface area contributed by atoms with E-state index in [2.05, 4.69) is 34.9 Å². The van der Waals surface area contributed by atoms with Crippen LogP contribution in [0.2, 0.25) is 0 Å². The lowest BCUT2D eigenvalue weighted by molar-refractivity contribution is -0.146. The second-order valence-electron chi connectivity index (χ2n) is 7.54. The lowest BCUT2D eigenvalue weighted by Crippen LogP contribution is -2.59. The SMILES string of the molecule is CN1CCCC[C@]1(C)C(=O)N1CCC(Cc2ccnn2C)CC1. The van der Waals surface area contributed by atoms with Crippen LogP contribution >= 0.6 is 0 Å². The number of carbonyl (C=O) groups excluding carboxylic acids is 1. The van der Waals surface area contributed by atoms with Gasteiger partial charge in [0.2, 0.25) is 5.91 Å². The number of likely N-dealkylation sites (tertiary alicyclic amines) is 2. The summed E-state index contributed by atoms with van der Waals surface area (Å²) >= 11 is 0. The molecule has 0 aliphatic carbocycles. The number of aryl methyl sites for hydroxylation is 1. The van der Waals surface area contributed by atoms with Gasteiger partial charge >= 0.3 is 0 Å². The van der Waals surface area contributed by atoms with Crippen LogP contribution in [-0.4, -0.2) is 57.7 Å². The van der Waals surface area contributed by atoms with E-state index in [1.54, 1.807) is 0 Å². The second-order valence-corrected chi connectivity index (χ2v) is 7.54. The van der Waals surface area contributed by atoms with Crippen LogP contribution in [0, 0.1) is 5.92 Å². The topological polar surface area (TPSA) is 41.4 Å². The molecule has 2 saturated heterocycles. The molecule has 1 aromatic rings. The minimum atomic E-state index is -0.285. The third-order valence-corrected chi connectivity index (χ3v) is 6.03. The Balaban J connectivity index is 1.56. The molecule has 1 atom stereocenters. The summed E-state index contributed by atoms with van der Waals surface area (Å²) in [6, 6.07) is 2.11. The highest BCUT2D eigenvalue weighted by atomic mass is 16.2. The van der Waals surface area contributed by atoms with Crippen molar-refractivity contribution in [3.63, 3.8) is 0 Å². The standard InChI is InChI=1S/C18H30N4O/c1-18(9-4-5-11-20(18)2)17(23)22-12-7-15(8-13-22)14-16-6-10-19-21(16)3/h6,10,15H,4-5,7-9,11-14H2,1-3H3/t18-/m1/s1. The van der Waals surface area contributed by atoms with Gasteiger partial charge in [-0.15, -0.1) is 0 Å². The van der Waals surface area contributed by atoms with Crippen LogP contribution < -0.4 is 0 Å². The van der Waals surface area contributed by atoms with Crippen molar-refractivity contribution in [3.05, 3.63) is 18.0 Å².